The Labute approximate surface area is 115 Å². The Balaban J connectivity index is 1.59. The SMILES string of the molecule is CC(C)=CCN1CCC(NCCc2ncon2)CC1. The van der Waals surface area contributed by atoms with E-state index < -0.39 is 0 Å². The predicted octanol–water partition coefficient (Wildman–Crippen LogP) is 1.63. The Hall–Kier alpha value is -1.20. The molecule has 0 atom stereocenters. The van der Waals surface area contributed by atoms with Gasteiger partial charge in [-0.1, -0.05) is 16.8 Å². The second kappa shape index (κ2) is 7.40. The van der Waals surface area contributed by atoms with Crippen LogP contribution in [0.3, 0.4) is 0 Å². The van der Waals surface area contributed by atoms with Gasteiger partial charge in [-0.05, 0) is 39.8 Å². The number of rotatable bonds is 6. The minimum Gasteiger partial charge on any atom is -0.343 e. The van der Waals surface area contributed by atoms with Gasteiger partial charge in [0, 0.05) is 25.6 Å². The summed E-state index contributed by atoms with van der Waals surface area (Å²) in [7, 11) is 0. The number of likely N-dealkylation sites (tertiary alicyclic amines) is 1. The lowest BCUT2D eigenvalue weighted by Crippen LogP contribution is -2.43. The van der Waals surface area contributed by atoms with E-state index in [1.807, 2.05) is 0 Å². The average Bonchev–Trinajstić information content (AvgIpc) is 2.91. The number of hydrogen-bond donors (Lipinski definition) is 1. The molecule has 1 saturated heterocycles. The molecule has 1 aliphatic rings. The minimum absolute atomic E-state index is 0.634. The highest BCUT2D eigenvalue weighted by atomic mass is 16.5. The smallest absolute Gasteiger partial charge is 0.213 e. The van der Waals surface area contributed by atoms with Crippen molar-refractivity contribution in [3.05, 3.63) is 23.9 Å². The predicted molar refractivity (Wildman–Crippen MR) is 74.9 cm³/mol. The van der Waals surface area contributed by atoms with Gasteiger partial charge in [-0.25, -0.2) is 0 Å². The molecule has 5 heteroatoms. The van der Waals surface area contributed by atoms with Crippen molar-refractivity contribution in [2.24, 2.45) is 0 Å². The molecule has 1 N–H and O–H groups in total. The summed E-state index contributed by atoms with van der Waals surface area (Å²) in [5.74, 6) is 0.786. The first-order valence-electron chi connectivity index (χ1n) is 7.08. The molecule has 0 saturated carbocycles. The number of aromatic nitrogens is 2. The van der Waals surface area contributed by atoms with Crippen molar-refractivity contribution in [2.75, 3.05) is 26.2 Å². The van der Waals surface area contributed by atoms with E-state index in [0.29, 0.717) is 6.04 Å². The van der Waals surface area contributed by atoms with Crippen molar-refractivity contribution in [2.45, 2.75) is 39.2 Å². The van der Waals surface area contributed by atoms with Gasteiger partial charge in [-0.15, -0.1) is 0 Å². The van der Waals surface area contributed by atoms with Crippen LogP contribution in [0.1, 0.15) is 32.5 Å². The highest BCUT2D eigenvalue weighted by Gasteiger charge is 2.17. The van der Waals surface area contributed by atoms with Crippen LogP contribution in [0.4, 0.5) is 0 Å². The zero-order chi connectivity index (χ0) is 13.5. The van der Waals surface area contributed by atoms with Gasteiger partial charge < -0.3 is 9.84 Å². The average molecular weight is 264 g/mol. The maximum Gasteiger partial charge on any atom is 0.213 e. The molecule has 1 aliphatic heterocycles. The molecule has 0 spiro atoms. The van der Waals surface area contributed by atoms with Crippen molar-refractivity contribution in [3.8, 4) is 0 Å². The fourth-order valence-corrected chi connectivity index (χ4v) is 2.32. The van der Waals surface area contributed by atoms with Gasteiger partial charge in [0.25, 0.3) is 0 Å². The lowest BCUT2D eigenvalue weighted by atomic mass is 10.0. The number of allylic oxidation sites excluding steroid dienone is 1. The van der Waals surface area contributed by atoms with Gasteiger partial charge in [0.05, 0.1) is 0 Å². The maximum atomic E-state index is 4.72. The molecule has 19 heavy (non-hydrogen) atoms. The third kappa shape index (κ3) is 5.12. The third-order valence-electron chi connectivity index (χ3n) is 3.53. The van der Waals surface area contributed by atoms with Crippen LogP contribution in [0.2, 0.25) is 0 Å². The van der Waals surface area contributed by atoms with Crippen molar-refractivity contribution < 1.29 is 4.52 Å². The Bertz CT molecular complexity index is 376. The molecule has 0 aromatic carbocycles. The molecule has 2 heterocycles. The normalized spacial score (nSPS) is 17.6. The van der Waals surface area contributed by atoms with Crippen LogP contribution >= 0.6 is 0 Å². The van der Waals surface area contributed by atoms with Crippen LogP contribution in [0.15, 0.2) is 22.6 Å². The summed E-state index contributed by atoms with van der Waals surface area (Å²) >= 11 is 0. The Morgan fingerprint density at radius 2 is 2.26 bits per heavy atom. The summed E-state index contributed by atoms with van der Waals surface area (Å²) in [4.78, 5) is 6.54. The molecule has 0 aliphatic carbocycles. The lowest BCUT2D eigenvalue weighted by Gasteiger charge is -2.31. The Morgan fingerprint density at radius 1 is 1.47 bits per heavy atom. The van der Waals surface area contributed by atoms with Crippen molar-refractivity contribution in [1.82, 2.24) is 20.4 Å². The second-order valence-electron chi connectivity index (χ2n) is 5.41. The molecule has 106 valence electrons. The van der Waals surface area contributed by atoms with Crippen LogP contribution in [0.25, 0.3) is 0 Å². The number of hydrogen-bond acceptors (Lipinski definition) is 5. The van der Waals surface area contributed by atoms with E-state index in [1.54, 1.807) is 0 Å². The van der Waals surface area contributed by atoms with Gasteiger partial charge >= 0.3 is 0 Å². The van der Waals surface area contributed by atoms with E-state index in [0.717, 1.165) is 25.3 Å². The molecule has 1 aromatic rings. The summed E-state index contributed by atoms with van der Waals surface area (Å²) in [5.41, 5.74) is 1.40. The highest BCUT2D eigenvalue weighted by Crippen LogP contribution is 2.10. The Morgan fingerprint density at radius 3 is 2.89 bits per heavy atom. The first-order valence-corrected chi connectivity index (χ1v) is 7.08. The number of nitrogens with one attached hydrogen (secondary N) is 1. The van der Waals surface area contributed by atoms with E-state index in [-0.39, 0.29) is 0 Å². The largest absolute Gasteiger partial charge is 0.343 e. The van der Waals surface area contributed by atoms with Gasteiger partial charge in [-0.3, -0.25) is 4.90 Å². The summed E-state index contributed by atoms with van der Waals surface area (Å²) in [6.07, 6.45) is 6.99. The number of piperidine rings is 1. The summed E-state index contributed by atoms with van der Waals surface area (Å²) in [6.45, 7) is 8.71. The lowest BCUT2D eigenvalue weighted by molar-refractivity contribution is 0.215. The first kappa shape index (κ1) is 14.2. The molecule has 1 aromatic heterocycles. The zero-order valence-electron chi connectivity index (χ0n) is 11.9. The second-order valence-corrected chi connectivity index (χ2v) is 5.41. The monoisotopic (exact) mass is 264 g/mol. The molecule has 0 radical (unpaired) electrons. The number of nitrogens with zero attached hydrogens (tertiary/aromatic N) is 3. The van der Waals surface area contributed by atoms with Crippen LogP contribution < -0.4 is 5.32 Å². The quantitative estimate of drug-likeness (QED) is 0.792. The molecule has 0 amide bonds. The molecule has 0 bridgehead atoms. The van der Waals surface area contributed by atoms with Crippen LogP contribution in [-0.2, 0) is 6.42 Å². The van der Waals surface area contributed by atoms with Crippen molar-refractivity contribution in [3.63, 3.8) is 0 Å². The van der Waals surface area contributed by atoms with Crippen LogP contribution in [-0.4, -0.2) is 47.3 Å². The first-order chi connectivity index (χ1) is 9.24. The fraction of sp³-hybridized carbons (Fsp3) is 0.714. The van der Waals surface area contributed by atoms with E-state index >= 15 is 0 Å². The van der Waals surface area contributed by atoms with E-state index in [9.17, 15) is 0 Å². The van der Waals surface area contributed by atoms with Gasteiger partial charge in [0.1, 0.15) is 0 Å². The van der Waals surface area contributed by atoms with Crippen molar-refractivity contribution >= 4 is 0 Å². The zero-order valence-corrected chi connectivity index (χ0v) is 11.9. The van der Waals surface area contributed by atoms with Gasteiger partial charge in [-0.2, -0.15) is 4.98 Å². The summed E-state index contributed by atoms with van der Waals surface area (Å²) in [6, 6.07) is 0.634. The fourth-order valence-electron chi connectivity index (χ4n) is 2.32. The van der Waals surface area contributed by atoms with Crippen LogP contribution in [0, 0.1) is 0 Å². The van der Waals surface area contributed by atoms with E-state index in [4.69, 9.17) is 4.52 Å². The van der Waals surface area contributed by atoms with E-state index in [2.05, 4.69) is 40.3 Å². The highest BCUT2D eigenvalue weighted by molar-refractivity contribution is 4.95. The Kier molecular flexibility index (Phi) is 5.54. The van der Waals surface area contributed by atoms with Crippen LogP contribution in [0.5, 0.6) is 0 Å². The van der Waals surface area contributed by atoms with Gasteiger partial charge in [0.15, 0.2) is 5.82 Å². The molecule has 2 rings (SSSR count). The molecular weight excluding hydrogens is 240 g/mol. The third-order valence-corrected chi connectivity index (χ3v) is 3.53. The molecule has 1 fully saturated rings. The maximum absolute atomic E-state index is 4.72. The van der Waals surface area contributed by atoms with Crippen molar-refractivity contribution in [1.29, 1.82) is 0 Å². The minimum atomic E-state index is 0.634. The van der Waals surface area contributed by atoms with Gasteiger partial charge in [0.2, 0.25) is 6.39 Å². The topological polar surface area (TPSA) is 54.2 Å². The van der Waals surface area contributed by atoms with E-state index in [1.165, 1.54) is 37.9 Å². The molecule has 0 unspecified atom stereocenters. The summed E-state index contributed by atoms with van der Waals surface area (Å²) in [5, 5.41) is 7.39. The molecular formula is C14H24N4O. The molecule has 5 nitrogen and oxygen atoms in total. The summed E-state index contributed by atoms with van der Waals surface area (Å²) < 4.78 is 4.72. The standard InChI is InChI=1S/C14H24N4O/c1-12(2)4-8-18-9-5-13(6-10-18)15-7-3-14-16-11-19-17-14/h4,11,13,15H,3,5-10H2,1-2H3.